The lowest BCUT2D eigenvalue weighted by Gasteiger charge is -2.31. The van der Waals surface area contributed by atoms with Crippen LogP contribution in [0.2, 0.25) is 0 Å². The highest BCUT2D eigenvalue weighted by Gasteiger charge is 2.26. The maximum Gasteiger partial charge on any atom is 0.240 e. The van der Waals surface area contributed by atoms with Crippen LogP contribution < -0.4 is 5.73 Å². The summed E-state index contributed by atoms with van der Waals surface area (Å²) in [6.07, 6.45) is 0. The molecule has 0 aromatic heterocycles. The summed E-state index contributed by atoms with van der Waals surface area (Å²) in [4.78, 5) is 14.2. The minimum Gasteiger partial charge on any atom is -0.335 e. The van der Waals surface area contributed by atoms with Gasteiger partial charge in [-0.3, -0.25) is 4.79 Å². The number of benzene rings is 1. The summed E-state index contributed by atoms with van der Waals surface area (Å²) in [6, 6.07) is 9.04. The summed E-state index contributed by atoms with van der Waals surface area (Å²) in [5, 5.41) is 9.13. The zero-order valence-electron chi connectivity index (χ0n) is 12.6. The summed E-state index contributed by atoms with van der Waals surface area (Å²) in [5.41, 5.74) is 7.42. The Morgan fingerprint density at radius 2 is 1.90 bits per heavy atom. The highest BCUT2D eigenvalue weighted by atomic mass is 16.2. The second-order valence-electron chi connectivity index (χ2n) is 5.60. The van der Waals surface area contributed by atoms with Crippen molar-refractivity contribution in [2.45, 2.75) is 46.3 Å². The van der Waals surface area contributed by atoms with Crippen LogP contribution in [0.3, 0.4) is 0 Å². The summed E-state index contributed by atoms with van der Waals surface area (Å²) in [7, 11) is 0. The van der Waals surface area contributed by atoms with E-state index in [0.29, 0.717) is 12.1 Å². The van der Waals surface area contributed by atoms with Gasteiger partial charge in [-0.2, -0.15) is 5.26 Å². The average molecular weight is 273 g/mol. The lowest BCUT2D eigenvalue weighted by molar-refractivity contribution is -0.136. The second kappa shape index (κ2) is 7.06. The zero-order valence-corrected chi connectivity index (χ0v) is 12.6. The lowest BCUT2D eigenvalue weighted by Crippen LogP contribution is -2.48. The number of nitrogens with zero attached hydrogens (tertiary/aromatic N) is 2. The van der Waals surface area contributed by atoms with Gasteiger partial charge >= 0.3 is 0 Å². The van der Waals surface area contributed by atoms with Crippen molar-refractivity contribution in [3.8, 4) is 6.07 Å². The Kier molecular flexibility index (Phi) is 5.72. The van der Waals surface area contributed by atoms with Crippen LogP contribution in [0, 0.1) is 17.2 Å². The molecule has 108 valence electrons. The summed E-state index contributed by atoms with van der Waals surface area (Å²) < 4.78 is 0. The summed E-state index contributed by atoms with van der Waals surface area (Å²) >= 11 is 0. The smallest absolute Gasteiger partial charge is 0.240 e. The maximum atomic E-state index is 12.4. The Morgan fingerprint density at radius 3 is 2.40 bits per heavy atom. The number of nitriles is 1. The molecule has 0 radical (unpaired) electrons. The topological polar surface area (TPSA) is 70.1 Å². The molecule has 0 spiro atoms. The first-order chi connectivity index (χ1) is 9.38. The van der Waals surface area contributed by atoms with Crippen LogP contribution in [0.1, 0.15) is 38.8 Å². The van der Waals surface area contributed by atoms with Crippen LogP contribution in [-0.2, 0) is 11.3 Å². The Bertz CT molecular complexity index is 503. The van der Waals surface area contributed by atoms with Gasteiger partial charge in [0.15, 0.2) is 0 Å². The third-order valence-electron chi connectivity index (χ3n) is 3.39. The highest BCUT2D eigenvalue weighted by molar-refractivity contribution is 5.82. The summed E-state index contributed by atoms with van der Waals surface area (Å²) in [6.45, 7) is 8.20. The predicted molar refractivity (Wildman–Crippen MR) is 79.7 cm³/mol. The number of amides is 1. The number of carbonyl (C=O) groups is 1. The molecule has 4 heteroatoms. The minimum absolute atomic E-state index is 0.0408. The first-order valence-electron chi connectivity index (χ1n) is 6.92. The van der Waals surface area contributed by atoms with Crippen molar-refractivity contribution >= 4 is 5.91 Å². The van der Waals surface area contributed by atoms with Gasteiger partial charge in [-0.25, -0.2) is 0 Å². The van der Waals surface area contributed by atoms with E-state index in [0.717, 1.165) is 5.56 Å². The molecule has 0 saturated carbocycles. The molecular formula is C16H23N3O. The third-order valence-corrected chi connectivity index (χ3v) is 3.39. The molecule has 1 atom stereocenters. The van der Waals surface area contributed by atoms with Crippen molar-refractivity contribution in [3.63, 3.8) is 0 Å². The third kappa shape index (κ3) is 3.82. The zero-order chi connectivity index (χ0) is 15.3. The van der Waals surface area contributed by atoms with Gasteiger partial charge in [0.25, 0.3) is 0 Å². The van der Waals surface area contributed by atoms with Crippen LogP contribution >= 0.6 is 0 Å². The SMILES string of the molecule is CC(C)[C@H](N)C(=O)N(Cc1ccccc1C#N)C(C)C. The molecule has 0 aliphatic heterocycles. The van der Waals surface area contributed by atoms with Gasteiger partial charge in [-0.1, -0.05) is 32.0 Å². The average Bonchev–Trinajstić information content (AvgIpc) is 2.43. The van der Waals surface area contributed by atoms with Gasteiger partial charge in [0.1, 0.15) is 0 Å². The van der Waals surface area contributed by atoms with Gasteiger partial charge in [-0.05, 0) is 31.4 Å². The fourth-order valence-corrected chi connectivity index (χ4v) is 1.94. The van der Waals surface area contributed by atoms with E-state index >= 15 is 0 Å². The van der Waals surface area contributed by atoms with Crippen LogP contribution in [0.15, 0.2) is 24.3 Å². The fraction of sp³-hybridized carbons (Fsp3) is 0.500. The number of hydrogen-bond acceptors (Lipinski definition) is 3. The van der Waals surface area contributed by atoms with Crippen molar-refractivity contribution in [1.82, 2.24) is 4.90 Å². The Balaban J connectivity index is 2.99. The van der Waals surface area contributed by atoms with E-state index in [-0.39, 0.29) is 17.9 Å². The number of rotatable bonds is 5. The van der Waals surface area contributed by atoms with Gasteiger partial charge in [-0.15, -0.1) is 0 Å². The molecule has 20 heavy (non-hydrogen) atoms. The molecule has 0 unspecified atom stereocenters. The van der Waals surface area contributed by atoms with Crippen LogP contribution in [0.5, 0.6) is 0 Å². The fourth-order valence-electron chi connectivity index (χ4n) is 1.94. The van der Waals surface area contributed by atoms with E-state index in [1.54, 1.807) is 11.0 Å². The van der Waals surface area contributed by atoms with E-state index in [1.165, 1.54) is 0 Å². The molecule has 4 nitrogen and oxygen atoms in total. The van der Waals surface area contributed by atoms with Crippen molar-refractivity contribution < 1.29 is 4.79 Å². The van der Waals surface area contributed by atoms with E-state index < -0.39 is 6.04 Å². The molecule has 1 aromatic carbocycles. The van der Waals surface area contributed by atoms with E-state index in [1.807, 2.05) is 45.9 Å². The standard InChI is InChI=1S/C16H23N3O/c1-11(2)15(18)16(20)19(12(3)4)10-14-8-6-5-7-13(14)9-17/h5-8,11-12,15H,10,18H2,1-4H3/t15-/m0/s1. The lowest BCUT2D eigenvalue weighted by atomic mass is 10.0. The quantitative estimate of drug-likeness (QED) is 0.894. The monoisotopic (exact) mass is 273 g/mol. The normalized spacial score (nSPS) is 12.3. The molecular weight excluding hydrogens is 250 g/mol. The second-order valence-corrected chi connectivity index (χ2v) is 5.60. The Hall–Kier alpha value is -1.86. The van der Waals surface area contributed by atoms with E-state index in [9.17, 15) is 4.79 Å². The predicted octanol–water partition coefficient (Wildman–Crippen LogP) is 2.28. The van der Waals surface area contributed by atoms with Gasteiger partial charge in [0.2, 0.25) is 5.91 Å². The molecule has 0 saturated heterocycles. The van der Waals surface area contributed by atoms with Gasteiger partial charge in [0, 0.05) is 12.6 Å². The molecule has 0 bridgehead atoms. The van der Waals surface area contributed by atoms with Crippen LogP contribution in [-0.4, -0.2) is 22.9 Å². The molecule has 0 fully saturated rings. The van der Waals surface area contributed by atoms with Gasteiger partial charge < -0.3 is 10.6 Å². The maximum absolute atomic E-state index is 12.4. The van der Waals surface area contributed by atoms with Crippen LogP contribution in [0.4, 0.5) is 0 Å². The molecule has 0 aliphatic carbocycles. The Morgan fingerprint density at radius 1 is 1.30 bits per heavy atom. The van der Waals surface area contributed by atoms with E-state index in [2.05, 4.69) is 6.07 Å². The minimum atomic E-state index is -0.508. The molecule has 2 N–H and O–H groups in total. The Labute approximate surface area is 121 Å². The molecule has 0 heterocycles. The van der Waals surface area contributed by atoms with E-state index in [4.69, 9.17) is 11.0 Å². The number of hydrogen-bond donors (Lipinski definition) is 1. The van der Waals surface area contributed by atoms with Crippen molar-refractivity contribution in [1.29, 1.82) is 5.26 Å². The molecule has 1 rings (SSSR count). The number of carbonyl (C=O) groups excluding carboxylic acids is 1. The van der Waals surface area contributed by atoms with Crippen molar-refractivity contribution in [2.24, 2.45) is 11.7 Å². The van der Waals surface area contributed by atoms with Gasteiger partial charge in [0.05, 0.1) is 17.7 Å². The largest absolute Gasteiger partial charge is 0.335 e. The molecule has 1 amide bonds. The van der Waals surface area contributed by atoms with Crippen LogP contribution in [0.25, 0.3) is 0 Å². The first kappa shape index (κ1) is 16.2. The van der Waals surface area contributed by atoms with Crippen molar-refractivity contribution in [2.75, 3.05) is 0 Å². The van der Waals surface area contributed by atoms with Crippen molar-refractivity contribution in [3.05, 3.63) is 35.4 Å². The molecule has 1 aromatic rings. The number of nitrogens with two attached hydrogens (primary N) is 1. The summed E-state index contributed by atoms with van der Waals surface area (Å²) in [5.74, 6) is 0.0257. The molecule has 0 aliphatic rings. The highest BCUT2D eigenvalue weighted by Crippen LogP contribution is 2.15. The first-order valence-corrected chi connectivity index (χ1v) is 6.92.